The Labute approximate surface area is 183 Å². The van der Waals surface area contributed by atoms with Gasteiger partial charge in [-0.25, -0.2) is 0 Å². The maximum atomic E-state index is 10.2. The quantitative estimate of drug-likeness (QED) is 0.541. The molecular formula is C24H43N3O3. The van der Waals surface area contributed by atoms with Crippen molar-refractivity contribution in [1.82, 2.24) is 15.1 Å². The molecule has 1 fully saturated rings. The van der Waals surface area contributed by atoms with Crippen LogP contribution < -0.4 is 14.8 Å². The molecule has 2 rings (SSSR count). The molecule has 0 aromatic heterocycles. The van der Waals surface area contributed by atoms with Gasteiger partial charge in [0.15, 0.2) is 11.5 Å². The molecule has 0 saturated heterocycles. The summed E-state index contributed by atoms with van der Waals surface area (Å²) in [7, 11) is 8.07. The Morgan fingerprint density at radius 1 is 1.10 bits per heavy atom. The predicted molar refractivity (Wildman–Crippen MR) is 123 cm³/mol. The van der Waals surface area contributed by atoms with Gasteiger partial charge in [-0.3, -0.25) is 0 Å². The largest absolute Gasteiger partial charge is 0.493 e. The molecule has 0 spiro atoms. The van der Waals surface area contributed by atoms with Crippen LogP contribution in [0.2, 0.25) is 0 Å². The van der Waals surface area contributed by atoms with Gasteiger partial charge in [-0.2, -0.15) is 0 Å². The van der Waals surface area contributed by atoms with Gasteiger partial charge in [0.2, 0.25) is 0 Å². The number of nitrogens with zero attached hydrogens (tertiary/aromatic N) is 2. The topological polar surface area (TPSA) is 57.2 Å². The summed E-state index contributed by atoms with van der Waals surface area (Å²) in [6, 6.07) is 6.43. The number of rotatable bonds is 12. The normalized spacial score (nSPS) is 17.5. The number of methoxy groups -OCH3 is 1. The summed E-state index contributed by atoms with van der Waals surface area (Å²) in [4.78, 5) is 4.51. The second-order valence-electron chi connectivity index (χ2n) is 9.27. The molecule has 1 atom stereocenters. The molecule has 1 saturated carbocycles. The summed E-state index contributed by atoms with van der Waals surface area (Å²) in [5.41, 5.74) is 1.44. The van der Waals surface area contributed by atoms with Crippen LogP contribution in [0.5, 0.6) is 11.5 Å². The van der Waals surface area contributed by atoms with E-state index in [2.05, 4.69) is 49.1 Å². The van der Waals surface area contributed by atoms with Crippen molar-refractivity contribution < 1.29 is 14.6 Å². The van der Waals surface area contributed by atoms with Gasteiger partial charge >= 0.3 is 0 Å². The van der Waals surface area contributed by atoms with Crippen LogP contribution in [0.4, 0.5) is 0 Å². The van der Waals surface area contributed by atoms with E-state index in [0.29, 0.717) is 24.1 Å². The van der Waals surface area contributed by atoms with Crippen molar-refractivity contribution in [2.75, 3.05) is 47.9 Å². The Balaban J connectivity index is 1.89. The van der Waals surface area contributed by atoms with E-state index < -0.39 is 6.10 Å². The Bertz CT molecular complexity index is 630. The van der Waals surface area contributed by atoms with Crippen molar-refractivity contribution >= 4 is 0 Å². The fourth-order valence-corrected chi connectivity index (χ4v) is 4.15. The van der Waals surface area contributed by atoms with Gasteiger partial charge in [0.25, 0.3) is 0 Å². The lowest BCUT2D eigenvalue weighted by molar-refractivity contribution is 0.0668. The summed E-state index contributed by atoms with van der Waals surface area (Å²) in [5, 5.41) is 13.9. The molecule has 0 aliphatic heterocycles. The standard InChI is InChI=1S/C24H43N3O3/c1-19(2)27(5)16-21(28)17-30-22-11-10-20(14-23(22)29-6)15-25-18-24(26(3)4)12-8-7-9-13-24/h10-11,14,19,21,25,28H,7-9,12-13,15-18H2,1-6H3/t21-/m0/s1. The zero-order chi connectivity index (χ0) is 22.1. The van der Waals surface area contributed by atoms with E-state index in [-0.39, 0.29) is 12.1 Å². The first-order valence-electron chi connectivity index (χ1n) is 11.3. The van der Waals surface area contributed by atoms with Crippen LogP contribution in [-0.2, 0) is 6.54 Å². The van der Waals surface area contributed by atoms with E-state index in [1.54, 1.807) is 7.11 Å². The number of benzene rings is 1. The van der Waals surface area contributed by atoms with E-state index in [4.69, 9.17) is 9.47 Å². The summed E-state index contributed by atoms with van der Waals surface area (Å²) in [6.07, 6.45) is 5.98. The molecule has 2 N–H and O–H groups in total. The number of ether oxygens (including phenoxy) is 2. The summed E-state index contributed by atoms with van der Waals surface area (Å²) in [5.74, 6) is 1.38. The van der Waals surface area contributed by atoms with Gasteiger partial charge in [0.1, 0.15) is 12.7 Å². The molecule has 0 heterocycles. The SMILES string of the molecule is COc1cc(CNCC2(N(C)C)CCCCC2)ccc1OC[C@@H](O)CN(C)C(C)C. The lowest BCUT2D eigenvalue weighted by atomic mass is 9.80. The highest BCUT2D eigenvalue weighted by molar-refractivity contribution is 5.43. The Morgan fingerprint density at radius 3 is 2.40 bits per heavy atom. The van der Waals surface area contributed by atoms with E-state index in [1.807, 2.05) is 19.2 Å². The molecule has 6 nitrogen and oxygen atoms in total. The summed E-state index contributed by atoms with van der Waals surface area (Å²) in [6.45, 7) is 6.84. The zero-order valence-corrected chi connectivity index (χ0v) is 19.9. The monoisotopic (exact) mass is 421 g/mol. The van der Waals surface area contributed by atoms with Gasteiger partial charge < -0.3 is 29.7 Å². The molecule has 1 aliphatic carbocycles. The van der Waals surface area contributed by atoms with E-state index in [0.717, 1.165) is 13.1 Å². The van der Waals surface area contributed by atoms with Crippen molar-refractivity contribution in [3.05, 3.63) is 23.8 Å². The van der Waals surface area contributed by atoms with Crippen LogP contribution in [0.25, 0.3) is 0 Å². The predicted octanol–water partition coefficient (Wildman–Crippen LogP) is 3.13. The summed E-state index contributed by atoms with van der Waals surface area (Å²) < 4.78 is 11.4. The lowest BCUT2D eigenvalue weighted by Crippen LogP contribution is -2.52. The van der Waals surface area contributed by atoms with Crippen molar-refractivity contribution in [3.63, 3.8) is 0 Å². The molecule has 1 aromatic rings. The second-order valence-corrected chi connectivity index (χ2v) is 9.27. The van der Waals surface area contributed by atoms with Gasteiger partial charge in [-0.05, 0) is 65.5 Å². The van der Waals surface area contributed by atoms with E-state index in [9.17, 15) is 5.11 Å². The maximum absolute atomic E-state index is 10.2. The van der Waals surface area contributed by atoms with Gasteiger partial charge in [-0.15, -0.1) is 0 Å². The number of likely N-dealkylation sites (N-methyl/N-ethyl adjacent to an activating group) is 2. The number of aliphatic hydroxyl groups is 1. The first-order valence-corrected chi connectivity index (χ1v) is 11.3. The van der Waals surface area contributed by atoms with Gasteiger partial charge in [-0.1, -0.05) is 25.3 Å². The van der Waals surface area contributed by atoms with Crippen LogP contribution in [0, 0.1) is 0 Å². The smallest absolute Gasteiger partial charge is 0.161 e. The molecule has 0 radical (unpaired) electrons. The Kier molecular flexibility index (Phi) is 9.88. The van der Waals surface area contributed by atoms with E-state index >= 15 is 0 Å². The Hall–Kier alpha value is -1.34. The minimum Gasteiger partial charge on any atom is -0.493 e. The molecule has 1 aromatic carbocycles. The average Bonchev–Trinajstić information content (AvgIpc) is 2.73. The first-order chi connectivity index (χ1) is 14.3. The maximum Gasteiger partial charge on any atom is 0.161 e. The van der Waals surface area contributed by atoms with Gasteiger partial charge in [0.05, 0.1) is 7.11 Å². The number of hydrogen-bond donors (Lipinski definition) is 2. The molecule has 0 unspecified atom stereocenters. The minimum absolute atomic E-state index is 0.246. The number of aliphatic hydroxyl groups excluding tert-OH is 1. The third-order valence-corrected chi connectivity index (χ3v) is 6.56. The van der Waals surface area contributed by atoms with Crippen molar-refractivity contribution in [3.8, 4) is 11.5 Å². The summed E-state index contributed by atoms with van der Waals surface area (Å²) >= 11 is 0. The highest BCUT2D eigenvalue weighted by atomic mass is 16.5. The van der Waals surface area contributed by atoms with Crippen LogP contribution in [0.1, 0.15) is 51.5 Å². The highest BCUT2D eigenvalue weighted by Crippen LogP contribution is 2.32. The van der Waals surface area contributed by atoms with Crippen LogP contribution in [0.15, 0.2) is 18.2 Å². The molecule has 172 valence electrons. The molecule has 0 bridgehead atoms. The second kappa shape index (κ2) is 11.9. The van der Waals surface area contributed by atoms with Crippen molar-refractivity contribution in [2.45, 2.75) is 70.2 Å². The third-order valence-electron chi connectivity index (χ3n) is 6.56. The van der Waals surface area contributed by atoms with Crippen molar-refractivity contribution in [1.29, 1.82) is 0 Å². The van der Waals surface area contributed by atoms with Crippen LogP contribution >= 0.6 is 0 Å². The lowest BCUT2D eigenvalue weighted by Gasteiger charge is -2.43. The van der Waals surface area contributed by atoms with Crippen LogP contribution in [-0.4, -0.2) is 80.5 Å². The molecular weight excluding hydrogens is 378 g/mol. The highest BCUT2D eigenvalue weighted by Gasteiger charge is 2.33. The molecule has 0 amide bonds. The molecule has 6 heteroatoms. The average molecular weight is 422 g/mol. The van der Waals surface area contributed by atoms with Crippen molar-refractivity contribution in [2.24, 2.45) is 0 Å². The van der Waals surface area contributed by atoms with Gasteiger partial charge in [0, 0.05) is 31.2 Å². The third kappa shape index (κ3) is 7.12. The zero-order valence-electron chi connectivity index (χ0n) is 19.9. The van der Waals surface area contributed by atoms with Crippen LogP contribution in [0.3, 0.4) is 0 Å². The number of hydrogen-bond acceptors (Lipinski definition) is 6. The Morgan fingerprint density at radius 2 is 1.80 bits per heavy atom. The fourth-order valence-electron chi connectivity index (χ4n) is 4.15. The molecule has 1 aliphatic rings. The van der Waals surface area contributed by atoms with E-state index in [1.165, 1.54) is 37.7 Å². The first kappa shape index (κ1) is 24.9. The number of nitrogens with one attached hydrogen (secondary N) is 1. The fraction of sp³-hybridized carbons (Fsp3) is 0.750. The molecule has 30 heavy (non-hydrogen) atoms. The minimum atomic E-state index is -0.541.